The van der Waals surface area contributed by atoms with E-state index in [4.69, 9.17) is 19.6 Å². The fraction of sp³-hybridized carbons (Fsp3) is 0.167. The van der Waals surface area contributed by atoms with Crippen molar-refractivity contribution in [2.75, 3.05) is 0 Å². The molecule has 4 N–H and O–H groups in total. The zero-order chi connectivity index (χ0) is 15.0. The number of benzene rings is 2. The maximum absolute atomic E-state index is 11.2. The fourth-order valence-electron chi connectivity index (χ4n) is 2.21. The lowest BCUT2D eigenvalue weighted by molar-refractivity contribution is 0.370. The lowest BCUT2D eigenvalue weighted by Gasteiger charge is -2.13. The topological polar surface area (TPSA) is 115 Å². The Morgan fingerprint density at radius 3 is 1.50 bits per heavy atom. The zero-order valence-corrected chi connectivity index (χ0v) is 12.2. The van der Waals surface area contributed by atoms with Crippen molar-refractivity contribution in [3.8, 4) is 0 Å². The van der Waals surface area contributed by atoms with Crippen LogP contribution < -0.4 is 0 Å². The molecule has 2 aromatic rings. The summed E-state index contributed by atoms with van der Waals surface area (Å²) in [6, 6.07) is 9.92. The van der Waals surface area contributed by atoms with E-state index in [1.54, 1.807) is 36.4 Å². The molecule has 2 rings (SSSR count). The molecule has 0 saturated carbocycles. The Morgan fingerprint density at radius 2 is 1.15 bits per heavy atom. The molecule has 0 unspecified atom stereocenters. The molecule has 8 heteroatoms. The van der Waals surface area contributed by atoms with E-state index in [1.165, 1.54) is 0 Å². The Hall–Kier alpha value is -1.00. The number of rotatable bonds is 4. The van der Waals surface area contributed by atoms with Crippen molar-refractivity contribution < 1.29 is 28.7 Å². The van der Waals surface area contributed by atoms with Gasteiger partial charge >= 0.3 is 15.2 Å². The Bertz CT molecular complexity index is 671. The second-order valence-corrected chi connectivity index (χ2v) is 7.87. The van der Waals surface area contributed by atoms with Gasteiger partial charge in [-0.2, -0.15) is 0 Å². The Morgan fingerprint density at radius 1 is 0.750 bits per heavy atom. The third kappa shape index (κ3) is 4.00. The molecule has 0 radical (unpaired) electrons. The van der Waals surface area contributed by atoms with Gasteiger partial charge in [0.2, 0.25) is 0 Å². The second-order valence-electron chi connectivity index (χ2n) is 4.58. The van der Waals surface area contributed by atoms with Gasteiger partial charge < -0.3 is 19.6 Å². The van der Waals surface area contributed by atoms with Crippen LogP contribution in [0.2, 0.25) is 0 Å². The summed E-state index contributed by atoms with van der Waals surface area (Å²) in [5, 5.41) is 1.20. The minimum absolute atomic E-state index is 0.389. The standard InChI is InChI=1S/C12H14O6P2/c13-19(14,15)7-10-5-1-3-9-4-2-6-11(12(9)10)8-20(16,17)18/h1-6H,7-8H2,(H2,13,14,15)(H2,16,17,18). The van der Waals surface area contributed by atoms with Gasteiger partial charge in [-0.1, -0.05) is 36.4 Å². The molecule has 20 heavy (non-hydrogen) atoms. The summed E-state index contributed by atoms with van der Waals surface area (Å²) in [6.45, 7) is 0. The van der Waals surface area contributed by atoms with Crippen molar-refractivity contribution in [1.82, 2.24) is 0 Å². The molecule has 0 bridgehead atoms. The van der Waals surface area contributed by atoms with Gasteiger partial charge in [-0.25, -0.2) is 0 Å². The monoisotopic (exact) mass is 316 g/mol. The Labute approximate surface area is 115 Å². The highest BCUT2D eigenvalue weighted by Gasteiger charge is 2.20. The predicted molar refractivity (Wildman–Crippen MR) is 75.4 cm³/mol. The summed E-state index contributed by atoms with van der Waals surface area (Å²) in [5.74, 6) is 0. The van der Waals surface area contributed by atoms with Gasteiger partial charge in [-0.3, -0.25) is 9.13 Å². The van der Waals surface area contributed by atoms with Crippen molar-refractivity contribution in [2.45, 2.75) is 12.3 Å². The lowest BCUT2D eigenvalue weighted by atomic mass is 10.0. The quantitative estimate of drug-likeness (QED) is 0.643. The molecule has 0 atom stereocenters. The Balaban J connectivity index is 2.64. The smallest absolute Gasteiger partial charge is 0.324 e. The van der Waals surface area contributed by atoms with Crippen LogP contribution in [0.5, 0.6) is 0 Å². The van der Waals surface area contributed by atoms with Crippen LogP contribution in [-0.4, -0.2) is 19.6 Å². The molecule has 2 aromatic carbocycles. The first-order valence-electron chi connectivity index (χ1n) is 5.74. The SMILES string of the molecule is O=P(O)(O)Cc1cccc2cccc(CP(=O)(O)O)c12. The molecule has 108 valence electrons. The van der Waals surface area contributed by atoms with Gasteiger partial charge in [0.15, 0.2) is 0 Å². The van der Waals surface area contributed by atoms with E-state index in [1.807, 2.05) is 0 Å². The molecule has 0 aliphatic heterocycles. The Kier molecular flexibility index (Phi) is 4.17. The highest BCUT2D eigenvalue weighted by atomic mass is 31.2. The van der Waals surface area contributed by atoms with E-state index in [0.717, 1.165) is 0 Å². The van der Waals surface area contributed by atoms with Crippen molar-refractivity contribution >= 4 is 26.0 Å². The molecule has 0 aliphatic rings. The van der Waals surface area contributed by atoms with Gasteiger partial charge in [0, 0.05) is 0 Å². The summed E-state index contributed by atoms with van der Waals surface area (Å²) in [6.07, 6.45) is -0.912. The van der Waals surface area contributed by atoms with Crippen LogP contribution in [0.25, 0.3) is 10.8 Å². The van der Waals surface area contributed by atoms with Gasteiger partial charge in [0.05, 0.1) is 12.3 Å². The van der Waals surface area contributed by atoms with Gasteiger partial charge in [0.25, 0.3) is 0 Å². The maximum atomic E-state index is 11.2. The third-order valence-corrected chi connectivity index (χ3v) is 4.34. The average molecular weight is 316 g/mol. The van der Waals surface area contributed by atoms with Gasteiger partial charge in [-0.15, -0.1) is 0 Å². The zero-order valence-electron chi connectivity index (χ0n) is 10.4. The summed E-state index contributed by atoms with van der Waals surface area (Å²) in [7, 11) is -8.51. The number of fused-ring (bicyclic) bond motifs is 1. The van der Waals surface area contributed by atoms with E-state index in [9.17, 15) is 9.13 Å². The van der Waals surface area contributed by atoms with E-state index in [2.05, 4.69) is 0 Å². The molecule has 0 saturated heterocycles. The first kappa shape index (κ1) is 15.4. The summed E-state index contributed by atoms with van der Waals surface area (Å²) in [5.41, 5.74) is 0.778. The van der Waals surface area contributed by atoms with Crippen LogP contribution in [0.4, 0.5) is 0 Å². The van der Waals surface area contributed by atoms with Crippen LogP contribution in [0, 0.1) is 0 Å². The first-order chi connectivity index (χ1) is 9.16. The van der Waals surface area contributed by atoms with Gasteiger partial charge in [0.1, 0.15) is 0 Å². The van der Waals surface area contributed by atoms with Crippen LogP contribution in [0.3, 0.4) is 0 Å². The fourth-order valence-corrected chi connectivity index (χ4v) is 3.62. The summed E-state index contributed by atoms with van der Waals surface area (Å²) in [4.78, 5) is 36.4. The molecule has 0 fully saturated rings. The van der Waals surface area contributed by atoms with Crippen molar-refractivity contribution in [3.05, 3.63) is 47.5 Å². The van der Waals surface area contributed by atoms with Gasteiger partial charge in [-0.05, 0) is 21.9 Å². The van der Waals surface area contributed by atoms with Crippen LogP contribution >= 0.6 is 15.2 Å². The van der Waals surface area contributed by atoms with Crippen LogP contribution in [0.1, 0.15) is 11.1 Å². The molecule has 0 amide bonds. The average Bonchev–Trinajstić information content (AvgIpc) is 2.25. The second kappa shape index (κ2) is 5.41. The van der Waals surface area contributed by atoms with Crippen molar-refractivity contribution in [2.24, 2.45) is 0 Å². The molecule has 0 spiro atoms. The normalized spacial score (nSPS) is 12.8. The number of hydrogen-bond acceptors (Lipinski definition) is 2. The molecular formula is C12H14O6P2. The minimum atomic E-state index is -4.26. The third-order valence-electron chi connectivity index (χ3n) is 2.83. The van der Waals surface area contributed by atoms with Crippen molar-refractivity contribution in [3.63, 3.8) is 0 Å². The minimum Gasteiger partial charge on any atom is -0.324 e. The van der Waals surface area contributed by atoms with Crippen molar-refractivity contribution in [1.29, 1.82) is 0 Å². The molecular weight excluding hydrogens is 302 g/mol. The highest BCUT2D eigenvalue weighted by Crippen LogP contribution is 2.44. The van der Waals surface area contributed by atoms with E-state index >= 15 is 0 Å². The number of hydrogen-bond donors (Lipinski definition) is 4. The summed E-state index contributed by atoms with van der Waals surface area (Å²) < 4.78 is 22.4. The van der Waals surface area contributed by atoms with E-state index in [-0.39, 0.29) is 0 Å². The first-order valence-corrected chi connectivity index (χ1v) is 9.34. The van der Waals surface area contributed by atoms with E-state index < -0.39 is 27.5 Å². The van der Waals surface area contributed by atoms with E-state index in [0.29, 0.717) is 21.9 Å². The lowest BCUT2D eigenvalue weighted by Crippen LogP contribution is -1.94. The highest BCUT2D eigenvalue weighted by molar-refractivity contribution is 7.51. The summed E-state index contributed by atoms with van der Waals surface area (Å²) >= 11 is 0. The van der Waals surface area contributed by atoms with Crippen LogP contribution in [0.15, 0.2) is 36.4 Å². The predicted octanol–water partition coefficient (Wildman–Crippen LogP) is 2.20. The molecule has 6 nitrogen and oxygen atoms in total. The molecule has 0 aliphatic carbocycles. The maximum Gasteiger partial charge on any atom is 0.329 e. The largest absolute Gasteiger partial charge is 0.329 e. The molecule has 0 aromatic heterocycles. The molecule has 0 heterocycles. The van der Waals surface area contributed by atoms with Crippen LogP contribution in [-0.2, 0) is 21.5 Å².